The number of hydrogen-bond acceptors (Lipinski definition) is 8. The number of H-pyrrole nitrogens is 1. The van der Waals surface area contributed by atoms with Gasteiger partial charge in [-0.2, -0.15) is 9.28 Å². The quantitative estimate of drug-likeness (QED) is 0.535. The second-order valence-electron chi connectivity index (χ2n) is 6.51. The molecule has 2 N–H and O–H groups in total. The summed E-state index contributed by atoms with van der Waals surface area (Å²) in [4.78, 5) is 24.2. The van der Waals surface area contributed by atoms with E-state index in [1.165, 1.54) is 11.7 Å². The van der Waals surface area contributed by atoms with Gasteiger partial charge in [0.05, 0.1) is 19.4 Å². The molecule has 3 atom stereocenters. The van der Waals surface area contributed by atoms with Crippen LogP contribution in [0.2, 0.25) is 0 Å². The molecule has 12 heteroatoms. The normalized spacial score (nSPS) is 26.0. The second kappa shape index (κ2) is 8.10. The van der Waals surface area contributed by atoms with Gasteiger partial charge in [0, 0.05) is 5.56 Å². The van der Waals surface area contributed by atoms with Crippen LogP contribution >= 0.6 is 20.4 Å². The van der Waals surface area contributed by atoms with E-state index in [9.17, 15) is 14.1 Å². The fraction of sp³-hybridized carbons (Fsp3) is 0.412. The molecule has 3 unspecified atom stereocenters. The molecule has 29 heavy (non-hydrogen) atoms. The molecule has 0 bridgehead atoms. The standard InChI is InChI=1S/C17H18FN2O7PS/c1-23-13-4-2-3-10-8-24-28(22,27-15(10)13)25-9-11-5-6-14(26-11)20-7-12(18)16(21)19-17(20)29/h2-4,7,11,14,22H,5-6,8-9H2,1H3/p+1. The summed E-state index contributed by atoms with van der Waals surface area (Å²) in [5.74, 6) is -0.0875. The van der Waals surface area contributed by atoms with E-state index in [4.69, 9.17) is 35.3 Å². The SMILES string of the molecule is COc1cccc2c1O[P+](O)(OCC1CCC(n3cc(F)c(=O)[nH]c3=S)O1)OC2. The first-order valence-electron chi connectivity index (χ1n) is 8.81. The number of aromatic amines is 1. The highest BCUT2D eigenvalue weighted by Gasteiger charge is 2.52. The number of para-hydroxylation sites is 1. The molecule has 9 nitrogen and oxygen atoms in total. The Bertz CT molecular complexity index is 1020. The highest BCUT2D eigenvalue weighted by Crippen LogP contribution is 2.63. The Balaban J connectivity index is 1.40. The number of fused-ring (bicyclic) bond motifs is 1. The van der Waals surface area contributed by atoms with Crippen molar-refractivity contribution in [2.75, 3.05) is 13.7 Å². The van der Waals surface area contributed by atoms with E-state index in [1.54, 1.807) is 18.2 Å². The summed E-state index contributed by atoms with van der Waals surface area (Å²) in [7, 11) is -2.09. The van der Waals surface area contributed by atoms with Gasteiger partial charge in [-0.05, 0) is 31.1 Å². The summed E-state index contributed by atoms with van der Waals surface area (Å²) in [6.07, 6.45) is 1.18. The first-order valence-corrected chi connectivity index (χ1v) is 10.7. The fourth-order valence-corrected chi connectivity index (χ4v) is 4.70. The van der Waals surface area contributed by atoms with Crippen molar-refractivity contribution in [2.45, 2.75) is 31.8 Å². The minimum Gasteiger partial charge on any atom is -0.493 e. The highest BCUT2D eigenvalue weighted by molar-refractivity contribution is 7.71. The monoisotopic (exact) mass is 445 g/mol. The van der Waals surface area contributed by atoms with Gasteiger partial charge in [0.15, 0.2) is 10.5 Å². The number of methoxy groups -OCH3 is 1. The molecular formula is C17H19FN2O7PS+. The average Bonchev–Trinajstić information content (AvgIpc) is 3.17. The Hall–Kier alpha value is -1.88. The van der Waals surface area contributed by atoms with Gasteiger partial charge >= 0.3 is 8.17 Å². The number of aromatic nitrogens is 2. The van der Waals surface area contributed by atoms with Crippen molar-refractivity contribution in [1.82, 2.24) is 9.55 Å². The third-order valence-corrected chi connectivity index (χ3v) is 6.27. The number of halogens is 1. The lowest BCUT2D eigenvalue weighted by Gasteiger charge is -2.23. The minimum absolute atomic E-state index is 0.00438. The number of ether oxygens (including phenoxy) is 2. The van der Waals surface area contributed by atoms with Crippen molar-refractivity contribution >= 4 is 20.4 Å². The van der Waals surface area contributed by atoms with E-state index < -0.39 is 31.9 Å². The van der Waals surface area contributed by atoms with Gasteiger partial charge in [-0.3, -0.25) is 18.9 Å². The lowest BCUT2D eigenvalue weighted by Crippen LogP contribution is -2.23. The van der Waals surface area contributed by atoms with Crippen LogP contribution in [0, 0.1) is 10.6 Å². The maximum atomic E-state index is 13.6. The van der Waals surface area contributed by atoms with E-state index in [1.807, 2.05) is 0 Å². The third-order valence-electron chi connectivity index (χ3n) is 4.61. The van der Waals surface area contributed by atoms with Crippen LogP contribution in [-0.2, 0) is 20.4 Å². The molecule has 156 valence electrons. The third kappa shape index (κ3) is 4.20. The maximum Gasteiger partial charge on any atom is 0.619 e. The topological polar surface area (TPSA) is 104 Å². The lowest BCUT2D eigenvalue weighted by molar-refractivity contribution is -0.0298. The number of nitrogens with one attached hydrogen (secondary N) is 1. The molecule has 1 aromatic carbocycles. The second-order valence-corrected chi connectivity index (χ2v) is 8.53. The van der Waals surface area contributed by atoms with Crippen LogP contribution in [0.25, 0.3) is 0 Å². The molecule has 1 saturated heterocycles. The zero-order valence-corrected chi connectivity index (χ0v) is 17.1. The number of benzene rings is 1. The number of rotatable bonds is 5. The van der Waals surface area contributed by atoms with Crippen LogP contribution in [0.3, 0.4) is 0 Å². The largest absolute Gasteiger partial charge is 0.619 e. The molecule has 1 fully saturated rings. The van der Waals surface area contributed by atoms with Crippen molar-refractivity contribution in [3.63, 3.8) is 0 Å². The molecule has 0 saturated carbocycles. The van der Waals surface area contributed by atoms with Crippen molar-refractivity contribution in [2.24, 2.45) is 0 Å². The highest BCUT2D eigenvalue weighted by atomic mass is 32.1. The molecule has 1 aromatic heterocycles. The minimum atomic E-state index is -3.60. The Kier molecular flexibility index (Phi) is 5.69. The van der Waals surface area contributed by atoms with Crippen LogP contribution in [0.5, 0.6) is 11.5 Å². The van der Waals surface area contributed by atoms with Crippen LogP contribution in [0.4, 0.5) is 4.39 Å². The van der Waals surface area contributed by atoms with E-state index in [0.717, 1.165) is 11.8 Å². The van der Waals surface area contributed by atoms with E-state index in [-0.39, 0.29) is 18.0 Å². The Morgan fingerprint density at radius 3 is 3.07 bits per heavy atom. The van der Waals surface area contributed by atoms with Crippen molar-refractivity contribution in [3.05, 3.63) is 50.9 Å². The average molecular weight is 445 g/mol. The number of nitrogens with zero attached hydrogens (tertiary/aromatic N) is 1. The van der Waals surface area contributed by atoms with Gasteiger partial charge in [-0.15, -0.1) is 9.05 Å². The summed E-state index contributed by atoms with van der Waals surface area (Å²) < 4.78 is 42.6. The summed E-state index contributed by atoms with van der Waals surface area (Å²) in [6, 6.07) is 5.32. The first kappa shape index (κ1) is 20.4. The smallest absolute Gasteiger partial charge is 0.493 e. The molecule has 0 aliphatic carbocycles. The molecule has 0 spiro atoms. The molecule has 2 aliphatic heterocycles. The maximum absolute atomic E-state index is 13.6. The van der Waals surface area contributed by atoms with Gasteiger partial charge in [-0.1, -0.05) is 12.1 Å². The zero-order valence-electron chi connectivity index (χ0n) is 15.4. The van der Waals surface area contributed by atoms with Crippen molar-refractivity contribution < 1.29 is 32.3 Å². The predicted molar refractivity (Wildman–Crippen MR) is 102 cm³/mol. The van der Waals surface area contributed by atoms with Gasteiger partial charge in [0.25, 0.3) is 5.56 Å². The van der Waals surface area contributed by atoms with E-state index in [2.05, 4.69) is 4.98 Å². The van der Waals surface area contributed by atoms with E-state index >= 15 is 0 Å². The van der Waals surface area contributed by atoms with Crippen LogP contribution in [-0.4, -0.2) is 34.3 Å². The summed E-state index contributed by atoms with van der Waals surface area (Å²) in [6.45, 7) is 0.126. The van der Waals surface area contributed by atoms with Gasteiger partial charge in [0.2, 0.25) is 11.6 Å². The lowest BCUT2D eigenvalue weighted by atomic mass is 10.2. The summed E-state index contributed by atoms with van der Waals surface area (Å²) in [5, 5.41) is 0. The fourth-order valence-electron chi connectivity index (χ4n) is 3.16. The Morgan fingerprint density at radius 2 is 2.28 bits per heavy atom. The summed E-state index contributed by atoms with van der Waals surface area (Å²) >= 11 is 5.06. The van der Waals surface area contributed by atoms with Crippen molar-refractivity contribution in [3.8, 4) is 11.5 Å². The summed E-state index contributed by atoms with van der Waals surface area (Å²) in [5.41, 5.74) is -0.136. The van der Waals surface area contributed by atoms with Gasteiger partial charge < -0.3 is 9.47 Å². The molecule has 0 amide bonds. The van der Waals surface area contributed by atoms with Gasteiger partial charge in [0.1, 0.15) is 19.4 Å². The molecular weight excluding hydrogens is 426 g/mol. The molecule has 4 rings (SSSR count). The molecule has 2 aromatic rings. The van der Waals surface area contributed by atoms with Crippen LogP contribution in [0.15, 0.2) is 29.2 Å². The molecule has 3 heterocycles. The molecule has 0 radical (unpaired) electrons. The Morgan fingerprint density at radius 1 is 1.45 bits per heavy atom. The van der Waals surface area contributed by atoms with E-state index in [0.29, 0.717) is 24.3 Å². The zero-order chi connectivity index (χ0) is 20.6. The van der Waals surface area contributed by atoms with Crippen molar-refractivity contribution in [1.29, 1.82) is 0 Å². The van der Waals surface area contributed by atoms with Gasteiger partial charge in [-0.25, -0.2) is 0 Å². The number of hydrogen-bond donors (Lipinski definition) is 2. The predicted octanol–water partition coefficient (Wildman–Crippen LogP) is 3.03. The van der Waals surface area contributed by atoms with Crippen LogP contribution < -0.4 is 14.8 Å². The van der Waals surface area contributed by atoms with Crippen LogP contribution in [0.1, 0.15) is 24.6 Å². The first-order chi connectivity index (χ1) is 13.9. The molecule has 2 aliphatic rings. The Labute approximate surface area is 170 Å².